The van der Waals surface area contributed by atoms with E-state index in [1.165, 1.54) is 20.4 Å². The van der Waals surface area contributed by atoms with Crippen LogP contribution in [0.15, 0.2) is 15.5 Å². The van der Waals surface area contributed by atoms with Crippen LogP contribution < -0.4 is 10.3 Å². The lowest BCUT2D eigenvalue weighted by Crippen LogP contribution is -2.31. The molecule has 0 spiro atoms. The van der Waals surface area contributed by atoms with Gasteiger partial charge in [0.25, 0.3) is 5.56 Å². The summed E-state index contributed by atoms with van der Waals surface area (Å²) in [6.45, 7) is 5.67. The first-order valence-corrected chi connectivity index (χ1v) is 7.67. The Labute approximate surface area is 138 Å². The zero-order valence-electron chi connectivity index (χ0n) is 13.5. The number of rotatable bonds is 6. The summed E-state index contributed by atoms with van der Waals surface area (Å²) in [5, 5.41) is 0. The number of aromatic amines is 1. The second-order valence-corrected chi connectivity index (χ2v) is 6.57. The van der Waals surface area contributed by atoms with E-state index < -0.39 is 17.5 Å². The van der Waals surface area contributed by atoms with Crippen LogP contribution in [0.5, 0.6) is 5.75 Å². The highest BCUT2D eigenvalue weighted by Crippen LogP contribution is 2.33. The van der Waals surface area contributed by atoms with E-state index in [1.54, 1.807) is 20.8 Å². The molecule has 0 saturated heterocycles. The Balaban J connectivity index is 3.28. The van der Waals surface area contributed by atoms with Gasteiger partial charge in [0.05, 0.1) is 17.5 Å². The molecular formula is C15H22BrNO5. The Morgan fingerprint density at radius 2 is 2.00 bits per heavy atom. The van der Waals surface area contributed by atoms with Gasteiger partial charge in [0.2, 0.25) is 0 Å². The standard InChI is InChI=1S/C15H22BrNO5/c1-15(2,3)22-14(19)9(6-7-20-4)11-12(16)10(21-5)8-17-13(11)18/h8-9H,6-7H2,1-5H3,(H,17,18). The Bertz CT molecular complexity index is 576. The summed E-state index contributed by atoms with van der Waals surface area (Å²) in [7, 11) is 3.02. The lowest BCUT2D eigenvalue weighted by atomic mass is 9.96. The molecule has 0 aliphatic carbocycles. The van der Waals surface area contributed by atoms with Crippen molar-refractivity contribution in [2.24, 2.45) is 0 Å². The third-order valence-electron chi connectivity index (χ3n) is 2.90. The largest absolute Gasteiger partial charge is 0.494 e. The summed E-state index contributed by atoms with van der Waals surface area (Å²) in [6, 6.07) is 0. The van der Waals surface area contributed by atoms with Gasteiger partial charge in [-0.15, -0.1) is 0 Å². The molecule has 1 aromatic heterocycles. The van der Waals surface area contributed by atoms with Gasteiger partial charge in [0.1, 0.15) is 11.4 Å². The van der Waals surface area contributed by atoms with Crippen molar-refractivity contribution < 1.29 is 19.0 Å². The molecule has 0 saturated carbocycles. The van der Waals surface area contributed by atoms with Gasteiger partial charge in [0, 0.05) is 25.5 Å². The molecule has 1 unspecified atom stereocenters. The van der Waals surface area contributed by atoms with Crippen LogP contribution in [0.25, 0.3) is 0 Å². The van der Waals surface area contributed by atoms with Crippen molar-refractivity contribution >= 4 is 21.9 Å². The van der Waals surface area contributed by atoms with Crippen LogP contribution >= 0.6 is 15.9 Å². The van der Waals surface area contributed by atoms with Gasteiger partial charge in [-0.25, -0.2) is 0 Å². The summed E-state index contributed by atoms with van der Waals surface area (Å²) in [4.78, 5) is 27.2. The Hall–Kier alpha value is -1.34. The minimum Gasteiger partial charge on any atom is -0.494 e. The second-order valence-electron chi connectivity index (χ2n) is 5.78. The molecule has 0 radical (unpaired) electrons. The molecule has 6 nitrogen and oxygen atoms in total. The SMILES string of the molecule is COCCC(C(=O)OC(C)(C)C)c1c(Br)c(OC)c[nH]c1=O. The fraction of sp³-hybridized carbons (Fsp3) is 0.600. The maximum absolute atomic E-state index is 12.5. The van der Waals surface area contributed by atoms with Gasteiger partial charge >= 0.3 is 5.97 Å². The van der Waals surface area contributed by atoms with Gasteiger partial charge in [-0.2, -0.15) is 0 Å². The topological polar surface area (TPSA) is 77.6 Å². The molecule has 7 heteroatoms. The monoisotopic (exact) mass is 375 g/mol. The third-order valence-corrected chi connectivity index (χ3v) is 3.72. The number of hydrogen-bond donors (Lipinski definition) is 1. The first-order chi connectivity index (χ1) is 10.2. The van der Waals surface area contributed by atoms with Crippen molar-refractivity contribution in [2.75, 3.05) is 20.8 Å². The van der Waals surface area contributed by atoms with E-state index in [4.69, 9.17) is 14.2 Å². The number of methoxy groups -OCH3 is 2. The van der Waals surface area contributed by atoms with E-state index in [2.05, 4.69) is 20.9 Å². The molecule has 22 heavy (non-hydrogen) atoms. The molecule has 1 rings (SSSR count). The van der Waals surface area contributed by atoms with Crippen LogP contribution in [-0.4, -0.2) is 37.4 Å². The first kappa shape index (κ1) is 18.7. The Kier molecular flexibility index (Phi) is 6.62. The van der Waals surface area contributed by atoms with E-state index in [0.29, 0.717) is 23.2 Å². The van der Waals surface area contributed by atoms with Gasteiger partial charge in [-0.1, -0.05) is 0 Å². The molecule has 0 aliphatic heterocycles. The summed E-state index contributed by atoms with van der Waals surface area (Å²) in [5.41, 5.74) is -0.717. The van der Waals surface area contributed by atoms with Gasteiger partial charge in [-0.3, -0.25) is 9.59 Å². The average molecular weight is 376 g/mol. The van der Waals surface area contributed by atoms with Gasteiger partial charge in [0.15, 0.2) is 0 Å². The zero-order valence-corrected chi connectivity index (χ0v) is 15.1. The lowest BCUT2D eigenvalue weighted by Gasteiger charge is -2.24. The number of aromatic nitrogens is 1. The maximum atomic E-state index is 12.5. The fourth-order valence-electron chi connectivity index (χ4n) is 1.95. The molecule has 124 valence electrons. The molecule has 0 aromatic carbocycles. The van der Waals surface area contributed by atoms with E-state index >= 15 is 0 Å². The van der Waals surface area contributed by atoms with Crippen LogP contribution in [0.3, 0.4) is 0 Å². The molecule has 1 N–H and O–H groups in total. The van der Waals surface area contributed by atoms with Crippen molar-refractivity contribution in [1.82, 2.24) is 4.98 Å². The van der Waals surface area contributed by atoms with E-state index in [1.807, 2.05) is 0 Å². The van der Waals surface area contributed by atoms with Crippen LogP contribution in [-0.2, 0) is 14.3 Å². The van der Waals surface area contributed by atoms with E-state index in [-0.39, 0.29) is 11.1 Å². The van der Waals surface area contributed by atoms with Crippen molar-refractivity contribution in [3.05, 3.63) is 26.6 Å². The van der Waals surface area contributed by atoms with E-state index in [0.717, 1.165) is 0 Å². The Morgan fingerprint density at radius 1 is 1.36 bits per heavy atom. The van der Waals surface area contributed by atoms with Crippen LogP contribution in [0.1, 0.15) is 38.7 Å². The Morgan fingerprint density at radius 3 is 2.50 bits per heavy atom. The zero-order chi connectivity index (χ0) is 16.9. The maximum Gasteiger partial charge on any atom is 0.314 e. The van der Waals surface area contributed by atoms with E-state index in [9.17, 15) is 9.59 Å². The number of carbonyl (C=O) groups excluding carboxylic acids is 1. The number of halogens is 1. The molecule has 0 fully saturated rings. The van der Waals surface area contributed by atoms with Crippen LogP contribution in [0, 0.1) is 0 Å². The predicted molar refractivity (Wildman–Crippen MR) is 86.4 cm³/mol. The number of ether oxygens (including phenoxy) is 3. The number of hydrogen-bond acceptors (Lipinski definition) is 5. The number of esters is 1. The van der Waals surface area contributed by atoms with Crippen molar-refractivity contribution in [3.8, 4) is 5.75 Å². The lowest BCUT2D eigenvalue weighted by molar-refractivity contribution is -0.157. The van der Waals surface area contributed by atoms with Crippen molar-refractivity contribution in [3.63, 3.8) is 0 Å². The fourth-order valence-corrected chi connectivity index (χ4v) is 2.69. The van der Waals surface area contributed by atoms with Crippen molar-refractivity contribution in [2.45, 2.75) is 38.7 Å². The van der Waals surface area contributed by atoms with Crippen LogP contribution in [0.2, 0.25) is 0 Å². The van der Waals surface area contributed by atoms with Crippen LogP contribution in [0.4, 0.5) is 0 Å². The highest BCUT2D eigenvalue weighted by molar-refractivity contribution is 9.10. The third kappa shape index (κ3) is 4.84. The number of carbonyl (C=O) groups is 1. The van der Waals surface area contributed by atoms with Gasteiger partial charge < -0.3 is 19.2 Å². The molecule has 1 atom stereocenters. The minimum atomic E-state index is -0.743. The summed E-state index contributed by atoms with van der Waals surface area (Å²) >= 11 is 3.34. The molecule has 1 heterocycles. The average Bonchev–Trinajstić information content (AvgIpc) is 2.40. The number of nitrogens with one attached hydrogen (secondary N) is 1. The quantitative estimate of drug-likeness (QED) is 0.773. The number of H-pyrrole nitrogens is 1. The molecule has 1 aromatic rings. The summed E-state index contributed by atoms with van der Waals surface area (Å²) in [5.74, 6) is -0.767. The first-order valence-electron chi connectivity index (χ1n) is 6.88. The molecule has 0 aliphatic rings. The molecular weight excluding hydrogens is 354 g/mol. The molecule has 0 amide bonds. The van der Waals surface area contributed by atoms with Gasteiger partial charge in [-0.05, 0) is 43.1 Å². The summed E-state index contributed by atoms with van der Waals surface area (Å²) in [6.07, 6.45) is 1.78. The summed E-state index contributed by atoms with van der Waals surface area (Å²) < 4.78 is 16.1. The second kappa shape index (κ2) is 7.78. The highest BCUT2D eigenvalue weighted by Gasteiger charge is 2.31. The predicted octanol–water partition coefficient (Wildman–Crippen LogP) is 2.61. The minimum absolute atomic E-state index is 0.283. The van der Waals surface area contributed by atoms with Crippen molar-refractivity contribution in [1.29, 1.82) is 0 Å². The smallest absolute Gasteiger partial charge is 0.314 e. The molecule has 0 bridgehead atoms. The highest BCUT2D eigenvalue weighted by atomic mass is 79.9. The number of pyridine rings is 1. The normalized spacial score (nSPS) is 12.8.